The summed E-state index contributed by atoms with van der Waals surface area (Å²) in [6, 6.07) is 0. The lowest BCUT2D eigenvalue weighted by Crippen LogP contribution is -2.08. The van der Waals surface area contributed by atoms with Crippen LogP contribution < -0.4 is 0 Å². The fourth-order valence-electron chi connectivity index (χ4n) is 4.80. The highest BCUT2D eigenvalue weighted by Gasteiger charge is 2.08. The van der Waals surface area contributed by atoms with Crippen LogP contribution in [0.15, 0.2) is 0 Å². The van der Waals surface area contributed by atoms with E-state index in [0.29, 0.717) is 25.7 Å². The van der Waals surface area contributed by atoms with Crippen molar-refractivity contribution in [2.45, 2.75) is 196 Å². The van der Waals surface area contributed by atoms with Crippen LogP contribution in [-0.4, -0.2) is 81.8 Å². The second-order valence-corrected chi connectivity index (χ2v) is 13.6. The number of carboxylic acid groups (broad SMARTS) is 2. The third-order valence-corrected chi connectivity index (χ3v) is 7.37. The molecule has 0 saturated heterocycles. The minimum absolute atomic E-state index is 0.245. The van der Waals surface area contributed by atoms with E-state index in [1.54, 1.807) is 0 Å². The molecule has 0 fully saturated rings. The van der Waals surface area contributed by atoms with Crippen LogP contribution in [0.5, 0.6) is 0 Å². The molecular weight excluding hydrogens is 808 g/mol. The number of carbonyl (C=O) groups is 12. The Morgan fingerprint density at radius 3 is 0.525 bits per heavy atom. The molecule has 350 valence electrons. The fourth-order valence-corrected chi connectivity index (χ4v) is 4.80. The van der Waals surface area contributed by atoms with Gasteiger partial charge < -0.3 is 33.9 Å². The molecule has 0 saturated carbocycles. The van der Waals surface area contributed by atoms with Crippen molar-refractivity contribution in [1.29, 1.82) is 0 Å². The Hall–Kier alpha value is -5.36. The third-order valence-electron chi connectivity index (χ3n) is 7.37. The van der Waals surface area contributed by atoms with Crippen LogP contribution in [0.3, 0.4) is 0 Å². The minimum atomic E-state index is -0.740. The number of ether oxygens (including phenoxy) is 5. The Balaban J connectivity index is -0.000000375. The van der Waals surface area contributed by atoms with Gasteiger partial charge in [-0.05, 0) is 38.5 Å². The normalized spacial score (nSPS) is 9.67. The molecule has 0 bridgehead atoms. The molecule has 0 rings (SSSR count). The van der Waals surface area contributed by atoms with Crippen molar-refractivity contribution >= 4 is 71.6 Å². The Morgan fingerprint density at radius 2 is 0.393 bits per heavy atom. The van der Waals surface area contributed by atoms with E-state index in [-0.39, 0.29) is 38.5 Å². The Kier molecular flexibility index (Phi) is 45.1. The van der Waals surface area contributed by atoms with E-state index in [2.05, 4.69) is 23.7 Å². The lowest BCUT2D eigenvalue weighted by atomic mass is 10.1. The van der Waals surface area contributed by atoms with Gasteiger partial charge in [0.2, 0.25) is 0 Å². The maximum Gasteiger partial charge on any atom is 0.313 e. The van der Waals surface area contributed by atoms with Crippen LogP contribution in [0, 0.1) is 0 Å². The molecule has 2 N–H and O–H groups in total. The highest BCUT2D eigenvalue weighted by atomic mass is 16.6. The van der Waals surface area contributed by atoms with Crippen molar-refractivity contribution in [2.24, 2.45) is 0 Å². The second-order valence-electron chi connectivity index (χ2n) is 13.6. The molecule has 0 amide bonds. The zero-order valence-electron chi connectivity index (χ0n) is 36.8. The molecule has 0 aliphatic heterocycles. The number of rotatable bonds is 27. The molecular formula is C42H68O19. The van der Waals surface area contributed by atoms with Gasteiger partial charge in [0.25, 0.3) is 0 Å². The average molecular weight is 877 g/mol. The first-order valence-corrected chi connectivity index (χ1v) is 20.6. The molecule has 19 nitrogen and oxygen atoms in total. The topological polar surface area (TPSA) is 291 Å². The lowest BCUT2D eigenvalue weighted by Gasteiger charge is -2.02. The van der Waals surface area contributed by atoms with Crippen LogP contribution in [0.1, 0.15) is 196 Å². The summed E-state index contributed by atoms with van der Waals surface area (Å²) in [7, 11) is 0. The fraction of sp³-hybridized carbons (Fsp3) is 0.714. The number of hydrogen-bond acceptors (Lipinski definition) is 17. The van der Waals surface area contributed by atoms with E-state index in [1.807, 2.05) is 0 Å². The first kappa shape index (κ1) is 62.3. The minimum Gasteiger partial charge on any atom is -0.481 e. The van der Waals surface area contributed by atoms with E-state index >= 15 is 0 Å². The van der Waals surface area contributed by atoms with Gasteiger partial charge in [-0.3, -0.25) is 57.5 Å². The zero-order valence-corrected chi connectivity index (χ0v) is 36.8. The second kappa shape index (κ2) is 44.2. The van der Waals surface area contributed by atoms with Gasteiger partial charge in [-0.2, -0.15) is 0 Å². The molecule has 0 heterocycles. The summed E-state index contributed by atoms with van der Waals surface area (Å²) in [5.41, 5.74) is 0. The van der Waals surface area contributed by atoms with Crippen LogP contribution in [0.4, 0.5) is 0 Å². The van der Waals surface area contributed by atoms with Gasteiger partial charge in [-0.1, -0.05) is 77.0 Å². The van der Waals surface area contributed by atoms with Crippen molar-refractivity contribution in [1.82, 2.24) is 0 Å². The van der Waals surface area contributed by atoms with E-state index in [9.17, 15) is 57.5 Å². The van der Waals surface area contributed by atoms with Crippen molar-refractivity contribution in [3.63, 3.8) is 0 Å². The van der Waals surface area contributed by atoms with Crippen molar-refractivity contribution in [3.8, 4) is 0 Å². The van der Waals surface area contributed by atoms with Crippen LogP contribution in [-0.2, 0) is 81.2 Å². The lowest BCUT2D eigenvalue weighted by molar-refractivity contribution is -0.160. The first-order valence-electron chi connectivity index (χ1n) is 20.6. The summed E-state index contributed by atoms with van der Waals surface area (Å²) in [4.78, 5) is 126. The molecule has 0 atom stereocenters. The molecule has 0 aromatic rings. The quantitative estimate of drug-likeness (QED) is 0.0365. The molecule has 0 aliphatic rings. The number of carboxylic acids is 2. The van der Waals surface area contributed by atoms with Crippen LogP contribution in [0.25, 0.3) is 0 Å². The highest BCUT2D eigenvalue weighted by molar-refractivity contribution is 5.85. The number of carbonyl (C=O) groups excluding carboxylic acids is 10. The number of esters is 10. The Bertz CT molecular complexity index is 1180. The SMILES string of the molecule is CC(=O)OC(=O)CCCCCCCCC(=O)OC(C)=O.CC(=O)OC(=O)CCCCCCCCC(=O)OC(C)=O.CC(=O)OC(C)=O.O=C(O)CCCCCCCCC(=O)O. The number of hydrogen-bond donors (Lipinski definition) is 2. The van der Waals surface area contributed by atoms with E-state index in [1.165, 1.54) is 41.5 Å². The van der Waals surface area contributed by atoms with Gasteiger partial charge in [0.15, 0.2) is 0 Å². The van der Waals surface area contributed by atoms with E-state index in [0.717, 1.165) is 89.9 Å². The first-order chi connectivity index (χ1) is 28.6. The molecule has 0 aromatic heterocycles. The number of unbranched alkanes of at least 4 members (excludes halogenated alkanes) is 15. The highest BCUT2D eigenvalue weighted by Crippen LogP contribution is 2.11. The molecule has 61 heavy (non-hydrogen) atoms. The standard InChI is InChI=1S/2C14H22O6.C10H18O4.C4H6O3/c2*1-11(15)19-13(17)9-7-5-3-4-6-8-10-14(18)20-12(2)16;11-9(12)7-5-3-1-2-4-6-8-10(13)14;1-3(5)7-4(2)6/h2*3-10H2,1-2H3;1-8H2,(H,11,12)(H,13,14);1-2H3. The summed E-state index contributed by atoms with van der Waals surface area (Å²) >= 11 is 0. The summed E-state index contributed by atoms with van der Waals surface area (Å²) in [6.07, 6.45) is 16.9. The van der Waals surface area contributed by atoms with Gasteiger partial charge in [-0.15, -0.1) is 0 Å². The molecule has 0 unspecified atom stereocenters. The summed E-state index contributed by atoms with van der Waals surface area (Å²) in [5.74, 6) is -6.84. The predicted molar refractivity (Wildman–Crippen MR) is 216 cm³/mol. The van der Waals surface area contributed by atoms with Gasteiger partial charge >= 0.3 is 71.6 Å². The average Bonchev–Trinajstić information content (AvgIpc) is 3.10. The molecule has 19 heteroatoms. The molecule has 0 aliphatic carbocycles. The van der Waals surface area contributed by atoms with Gasteiger partial charge in [0.1, 0.15) is 0 Å². The van der Waals surface area contributed by atoms with E-state index < -0.39 is 71.6 Å². The monoisotopic (exact) mass is 876 g/mol. The number of aliphatic carboxylic acids is 2. The predicted octanol–water partition coefficient (Wildman–Crippen LogP) is 6.95. The summed E-state index contributed by atoms with van der Waals surface area (Å²) in [6.45, 7) is 7.18. The largest absolute Gasteiger partial charge is 0.481 e. The molecule has 0 aromatic carbocycles. The summed E-state index contributed by atoms with van der Waals surface area (Å²) < 4.78 is 21.6. The van der Waals surface area contributed by atoms with Crippen LogP contribution >= 0.6 is 0 Å². The maximum atomic E-state index is 11.0. The summed E-state index contributed by atoms with van der Waals surface area (Å²) in [5, 5.41) is 16.7. The van der Waals surface area contributed by atoms with Crippen LogP contribution in [0.2, 0.25) is 0 Å². The van der Waals surface area contributed by atoms with Gasteiger partial charge in [0, 0.05) is 80.1 Å². The third kappa shape index (κ3) is 66.7. The maximum absolute atomic E-state index is 11.0. The zero-order chi connectivity index (χ0) is 47.4. The Labute approximate surface area is 358 Å². The van der Waals surface area contributed by atoms with Crippen molar-refractivity contribution in [2.75, 3.05) is 0 Å². The van der Waals surface area contributed by atoms with Gasteiger partial charge in [0.05, 0.1) is 0 Å². The molecule has 0 spiro atoms. The smallest absolute Gasteiger partial charge is 0.313 e. The Morgan fingerprint density at radius 1 is 0.246 bits per heavy atom. The van der Waals surface area contributed by atoms with Gasteiger partial charge in [-0.25, -0.2) is 0 Å². The molecule has 0 radical (unpaired) electrons. The van der Waals surface area contributed by atoms with E-state index in [4.69, 9.17) is 10.2 Å². The van der Waals surface area contributed by atoms with Crippen molar-refractivity contribution < 1.29 is 91.4 Å². The van der Waals surface area contributed by atoms with Crippen molar-refractivity contribution in [3.05, 3.63) is 0 Å².